The van der Waals surface area contributed by atoms with E-state index in [4.69, 9.17) is 23.2 Å². The van der Waals surface area contributed by atoms with Gasteiger partial charge < -0.3 is 5.32 Å². The molecule has 0 bridgehead atoms. The molecule has 0 aliphatic carbocycles. The zero-order valence-corrected chi connectivity index (χ0v) is 13.0. The van der Waals surface area contributed by atoms with Crippen LogP contribution in [0.3, 0.4) is 0 Å². The Hall–Kier alpha value is 0.110. The predicted octanol–water partition coefficient (Wildman–Crippen LogP) is 4.79. The van der Waals surface area contributed by atoms with Crippen molar-refractivity contribution in [3.05, 3.63) is 33.8 Å². The molecule has 0 amide bonds. The summed E-state index contributed by atoms with van der Waals surface area (Å²) in [5.74, 6) is 0. The summed E-state index contributed by atoms with van der Waals surface area (Å²) >= 11 is 14.1. The number of thioether (sulfide) groups is 1. The van der Waals surface area contributed by atoms with E-state index < -0.39 is 0 Å². The van der Waals surface area contributed by atoms with Crippen LogP contribution in [0.1, 0.15) is 32.4 Å². The molecule has 1 nitrogen and oxygen atoms in total. The maximum Gasteiger partial charge on any atom is 0.0639 e. The topological polar surface area (TPSA) is 12.0 Å². The summed E-state index contributed by atoms with van der Waals surface area (Å²) < 4.78 is 0.222. The maximum absolute atomic E-state index is 6.19. The van der Waals surface area contributed by atoms with Crippen LogP contribution < -0.4 is 5.32 Å². The predicted molar refractivity (Wildman–Crippen MR) is 80.5 cm³/mol. The fourth-order valence-electron chi connectivity index (χ4n) is 1.44. The molecule has 17 heavy (non-hydrogen) atoms. The Morgan fingerprint density at radius 1 is 1.35 bits per heavy atom. The van der Waals surface area contributed by atoms with Gasteiger partial charge in [-0.15, -0.1) is 0 Å². The second-order valence-electron chi connectivity index (χ2n) is 4.71. The lowest BCUT2D eigenvalue weighted by Crippen LogP contribution is -2.33. The average Bonchev–Trinajstić information content (AvgIpc) is 2.30. The average molecular weight is 292 g/mol. The number of nitrogens with one attached hydrogen (secondary N) is 1. The molecule has 4 heteroatoms. The minimum absolute atomic E-state index is 0.202. The van der Waals surface area contributed by atoms with Crippen molar-refractivity contribution < 1.29 is 0 Å². The summed E-state index contributed by atoms with van der Waals surface area (Å²) in [6, 6.07) is 5.96. The van der Waals surface area contributed by atoms with Crippen molar-refractivity contribution in [3.8, 4) is 0 Å². The minimum atomic E-state index is 0.202. The minimum Gasteiger partial charge on any atom is -0.309 e. The molecule has 1 aromatic carbocycles. The fraction of sp³-hybridized carbons (Fsp3) is 0.538. The van der Waals surface area contributed by atoms with Crippen molar-refractivity contribution in [1.29, 1.82) is 0 Å². The van der Waals surface area contributed by atoms with Crippen LogP contribution in [0, 0.1) is 0 Å². The highest BCUT2D eigenvalue weighted by molar-refractivity contribution is 7.99. The first-order valence-electron chi connectivity index (χ1n) is 5.60. The molecule has 0 fully saturated rings. The van der Waals surface area contributed by atoms with E-state index in [1.54, 1.807) is 0 Å². The molecule has 0 spiro atoms. The van der Waals surface area contributed by atoms with Gasteiger partial charge in [-0.2, -0.15) is 11.8 Å². The van der Waals surface area contributed by atoms with Crippen LogP contribution >= 0.6 is 35.0 Å². The van der Waals surface area contributed by atoms with E-state index in [9.17, 15) is 0 Å². The number of halogens is 2. The molecule has 0 aromatic heterocycles. The Labute approximate surface area is 118 Å². The van der Waals surface area contributed by atoms with Crippen molar-refractivity contribution in [2.75, 3.05) is 12.8 Å². The zero-order valence-electron chi connectivity index (χ0n) is 10.7. The number of benzene rings is 1. The highest BCUT2D eigenvalue weighted by Gasteiger charge is 2.18. The lowest BCUT2D eigenvalue weighted by Gasteiger charge is -2.25. The highest BCUT2D eigenvalue weighted by atomic mass is 35.5. The third-order valence-electron chi connectivity index (χ3n) is 2.83. The van der Waals surface area contributed by atoms with Gasteiger partial charge in [0.1, 0.15) is 0 Å². The third-order valence-corrected chi connectivity index (χ3v) is 4.92. The van der Waals surface area contributed by atoms with Crippen molar-refractivity contribution in [2.24, 2.45) is 0 Å². The Morgan fingerprint density at radius 3 is 2.59 bits per heavy atom. The van der Waals surface area contributed by atoms with Crippen molar-refractivity contribution in [1.82, 2.24) is 5.32 Å². The molecule has 0 radical (unpaired) electrons. The first-order valence-corrected chi connectivity index (χ1v) is 7.58. The van der Waals surface area contributed by atoms with Crippen LogP contribution in [0.5, 0.6) is 0 Å². The molecule has 1 aromatic rings. The SMILES string of the molecule is CSC(C)(C)CNC(C)c1cccc(Cl)c1Cl. The fourth-order valence-corrected chi connectivity index (χ4v) is 2.14. The van der Waals surface area contributed by atoms with Crippen LogP contribution in [0.4, 0.5) is 0 Å². The number of hydrogen-bond donors (Lipinski definition) is 1. The molecular formula is C13H19Cl2NS. The molecule has 1 N–H and O–H groups in total. The Morgan fingerprint density at radius 2 is 2.00 bits per heavy atom. The van der Waals surface area contributed by atoms with E-state index >= 15 is 0 Å². The van der Waals surface area contributed by atoms with Crippen LogP contribution in [0.15, 0.2) is 18.2 Å². The Balaban J connectivity index is 2.71. The van der Waals surface area contributed by atoms with Gasteiger partial charge in [0, 0.05) is 17.3 Å². The molecule has 1 rings (SSSR count). The molecular weight excluding hydrogens is 273 g/mol. The maximum atomic E-state index is 6.19. The largest absolute Gasteiger partial charge is 0.309 e. The molecule has 0 saturated carbocycles. The summed E-state index contributed by atoms with van der Waals surface area (Å²) in [7, 11) is 0. The summed E-state index contributed by atoms with van der Waals surface area (Å²) in [6.45, 7) is 7.47. The zero-order chi connectivity index (χ0) is 13.1. The van der Waals surface area contributed by atoms with Gasteiger partial charge in [0.05, 0.1) is 10.0 Å². The van der Waals surface area contributed by atoms with E-state index in [2.05, 4.69) is 32.3 Å². The molecule has 96 valence electrons. The molecule has 1 unspecified atom stereocenters. The van der Waals surface area contributed by atoms with E-state index in [1.807, 2.05) is 30.0 Å². The van der Waals surface area contributed by atoms with Gasteiger partial charge in [0.15, 0.2) is 0 Å². The molecule has 0 saturated heterocycles. The summed E-state index contributed by atoms with van der Waals surface area (Å²) in [6.07, 6.45) is 2.12. The van der Waals surface area contributed by atoms with Gasteiger partial charge in [-0.25, -0.2) is 0 Å². The first-order chi connectivity index (χ1) is 7.87. The smallest absolute Gasteiger partial charge is 0.0639 e. The number of hydrogen-bond acceptors (Lipinski definition) is 2. The van der Waals surface area contributed by atoms with Crippen LogP contribution in [0.2, 0.25) is 10.0 Å². The van der Waals surface area contributed by atoms with E-state index in [-0.39, 0.29) is 10.8 Å². The van der Waals surface area contributed by atoms with E-state index in [0.717, 1.165) is 12.1 Å². The third kappa shape index (κ3) is 4.36. The van der Waals surface area contributed by atoms with Gasteiger partial charge in [-0.1, -0.05) is 35.3 Å². The highest BCUT2D eigenvalue weighted by Crippen LogP contribution is 2.30. The summed E-state index contributed by atoms with van der Waals surface area (Å²) in [5.41, 5.74) is 1.05. The van der Waals surface area contributed by atoms with E-state index in [1.165, 1.54) is 0 Å². The normalized spacial score (nSPS) is 13.8. The van der Waals surface area contributed by atoms with Crippen LogP contribution in [-0.2, 0) is 0 Å². The van der Waals surface area contributed by atoms with Crippen molar-refractivity contribution in [3.63, 3.8) is 0 Å². The Kier molecular flexibility index (Phi) is 5.65. The lowest BCUT2D eigenvalue weighted by atomic mass is 10.1. The molecule has 0 aliphatic heterocycles. The monoisotopic (exact) mass is 291 g/mol. The second-order valence-corrected chi connectivity index (χ2v) is 7.01. The molecule has 1 atom stereocenters. The Bertz CT molecular complexity index is 380. The van der Waals surface area contributed by atoms with Gasteiger partial charge in [0.2, 0.25) is 0 Å². The molecule has 0 aliphatic rings. The van der Waals surface area contributed by atoms with Gasteiger partial charge in [-0.3, -0.25) is 0 Å². The molecule has 0 heterocycles. The van der Waals surface area contributed by atoms with Crippen molar-refractivity contribution in [2.45, 2.75) is 31.6 Å². The first kappa shape index (κ1) is 15.2. The lowest BCUT2D eigenvalue weighted by molar-refractivity contribution is 0.523. The second kappa shape index (κ2) is 6.33. The van der Waals surface area contributed by atoms with E-state index in [0.29, 0.717) is 10.0 Å². The quantitative estimate of drug-likeness (QED) is 0.837. The van der Waals surface area contributed by atoms with Gasteiger partial charge in [0.25, 0.3) is 0 Å². The van der Waals surface area contributed by atoms with Crippen LogP contribution in [-0.4, -0.2) is 17.5 Å². The van der Waals surface area contributed by atoms with Gasteiger partial charge >= 0.3 is 0 Å². The van der Waals surface area contributed by atoms with Crippen LogP contribution in [0.25, 0.3) is 0 Å². The summed E-state index contributed by atoms with van der Waals surface area (Å²) in [5, 5.41) is 4.76. The number of rotatable bonds is 5. The summed E-state index contributed by atoms with van der Waals surface area (Å²) in [4.78, 5) is 0. The van der Waals surface area contributed by atoms with Gasteiger partial charge in [-0.05, 0) is 38.7 Å². The standard InChI is InChI=1S/C13H19Cl2NS/c1-9(16-8-13(2,3)17-4)10-6-5-7-11(14)12(10)15/h5-7,9,16H,8H2,1-4H3. The van der Waals surface area contributed by atoms with Crippen molar-refractivity contribution >= 4 is 35.0 Å².